The number of carbonyl (C=O) groups excluding carboxylic acids is 1. The Hall–Kier alpha value is -2.17. The lowest BCUT2D eigenvalue weighted by atomic mass is 9.67. The lowest BCUT2D eigenvalue weighted by Gasteiger charge is -2.44. The molecule has 32 heavy (non-hydrogen) atoms. The van der Waals surface area contributed by atoms with Gasteiger partial charge in [0.15, 0.2) is 0 Å². The van der Waals surface area contributed by atoms with E-state index in [1.807, 2.05) is 6.92 Å². The van der Waals surface area contributed by atoms with Crippen LogP contribution in [0.1, 0.15) is 60.8 Å². The molecule has 0 unspecified atom stereocenters. The maximum absolute atomic E-state index is 14.1. The van der Waals surface area contributed by atoms with Crippen molar-refractivity contribution in [3.8, 4) is 0 Å². The normalized spacial score (nSPS) is 23.5. The van der Waals surface area contributed by atoms with E-state index in [-0.39, 0.29) is 23.8 Å². The third-order valence-corrected chi connectivity index (χ3v) is 6.68. The lowest BCUT2D eigenvalue weighted by Crippen LogP contribution is -2.47. The number of thioether (sulfide) groups is 1. The van der Waals surface area contributed by atoms with Gasteiger partial charge in [0.2, 0.25) is 5.92 Å². The Labute approximate surface area is 186 Å². The van der Waals surface area contributed by atoms with Crippen LogP contribution in [0.4, 0.5) is 27.6 Å². The molecule has 2 fully saturated rings. The molecule has 2 aliphatic carbocycles. The summed E-state index contributed by atoms with van der Waals surface area (Å²) in [7, 11) is 0. The molecule has 1 amide bonds. The molecule has 2 aromatic rings. The minimum atomic E-state index is -4.81. The van der Waals surface area contributed by atoms with E-state index in [2.05, 4.69) is 15.4 Å². The first kappa shape index (κ1) is 23.0. The van der Waals surface area contributed by atoms with Crippen molar-refractivity contribution in [1.82, 2.24) is 14.8 Å². The maximum Gasteiger partial charge on any atom is 0.420 e. The van der Waals surface area contributed by atoms with Crippen LogP contribution in [0.25, 0.3) is 0 Å². The van der Waals surface area contributed by atoms with Crippen LogP contribution < -0.4 is 5.32 Å². The SMILES string of the molecule is CSc1cc(NC(=O)c2c(C(F)(F)F)c([C@@H]3C[C@H]3C)nn2CC2(C)CC(F)(F)C2)ccn1. The molecule has 0 aliphatic heterocycles. The minimum absolute atomic E-state index is 0.0170. The summed E-state index contributed by atoms with van der Waals surface area (Å²) < 4.78 is 70.5. The number of carbonyl (C=O) groups is 1. The van der Waals surface area contributed by atoms with Gasteiger partial charge in [-0.25, -0.2) is 13.8 Å². The largest absolute Gasteiger partial charge is 0.420 e. The molecule has 1 N–H and O–H groups in total. The Morgan fingerprint density at radius 3 is 2.53 bits per heavy atom. The molecule has 2 aromatic heterocycles. The minimum Gasteiger partial charge on any atom is -0.321 e. The van der Waals surface area contributed by atoms with E-state index in [0.717, 1.165) is 4.68 Å². The van der Waals surface area contributed by atoms with Crippen LogP contribution in [-0.2, 0) is 12.7 Å². The standard InChI is InChI=1S/C21H23F5N4OS/c1-11-6-13(11)16-15(21(24,25)26)17(18(31)28-12-4-5-27-14(7-12)32-3)30(29-16)10-19(2)8-20(22,23)9-19/h4-5,7,11,13H,6,8-10H2,1-3H3,(H,27,28,31)/t11-,13-/m1/s1. The van der Waals surface area contributed by atoms with Gasteiger partial charge >= 0.3 is 6.18 Å². The second-order valence-corrected chi connectivity index (χ2v) is 9.97. The highest BCUT2D eigenvalue weighted by Crippen LogP contribution is 2.54. The Morgan fingerprint density at radius 2 is 2.00 bits per heavy atom. The van der Waals surface area contributed by atoms with Gasteiger partial charge in [-0.1, -0.05) is 13.8 Å². The highest BCUT2D eigenvalue weighted by molar-refractivity contribution is 7.98. The quantitative estimate of drug-likeness (QED) is 0.423. The van der Waals surface area contributed by atoms with Crippen LogP contribution in [0.3, 0.4) is 0 Å². The molecule has 4 rings (SSSR count). The fourth-order valence-corrected chi connectivity index (χ4v) is 4.94. The lowest BCUT2D eigenvalue weighted by molar-refractivity contribution is -0.160. The van der Waals surface area contributed by atoms with Crippen LogP contribution in [0.15, 0.2) is 23.4 Å². The van der Waals surface area contributed by atoms with E-state index in [4.69, 9.17) is 0 Å². The van der Waals surface area contributed by atoms with E-state index in [1.165, 1.54) is 24.0 Å². The predicted molar refractivity (Wildman–Crippen MR) is 110 cm³/mol. The molecule has 2 heterocycles. The van der Waals surface area contributed by atoms with Crippen molar-refractivity contribution >= 4 is 23.4 Å². The fourth-order valence-electron chi connectivity index (χ4n) is 4.53. The summed E-state index contributed by atoms with van der Waals surface area (Å²) in [6.07, 6.45) is -1.97. The van der Waals surface area contributed by atoms with Crippen LogP contribution in [-0.4, -0.2) is 32.8 Å². The average Bonchev–Trinajstić information content (AvgIpc) is 3.25. The van der Waals surface area contributed by atoms with Crippen molar-refractivity contribution < 1.29 is 26.7 Å². The van der Waals surface area contributed by atoms with Crippen molar-refractivity contribution in [3.05, 3.63) is 35.3 Å². The van der Waals surface area contributed by atoms with Crippen LogP contribution in [0.2, 0.25) is 0 Å². The van der Waals surface area contributed by atoms with Gasteiger partial charge in [-0.05, 0) is 36.1 Å². The number of hydrogen-bond acceptors (Lipinski definition) is 4. The number of anilines is 1. The van der Waals surface area contributed by atoms with Crippen LogP contribution in [0.5, 0.6) is 0 Å². The molecular weight excluding hydrogens is 451 g/mol. The Bertz CT molecular complexity index is 1040. The van der Waals surface area contributed by atoms with Gasteiger partial charge in [0.05, 0.1) is 10.7 Å². The zero-order valence-electron chi connectivity index (χ0n) is 17.8. The van der Waals surface area contributed by atoms with Gasteiger partial charge < -0.3 is 5.32 Å². The van der Waals surface area contributed by atoms with Crippen LogP contribution >= 0.6 is 11.8 Å². The van der Waals surface area contributed by atoms with Crippen LogP contribution in [0, 0.1) is 11.3 Å². The summed E-state index contributed by atoms with van der Waals surface area (Å²) in [5, 5.41) is 7.27. The Kier molecular flexibility index (Phi) is 5.54. The Morgan fingerprint density at radius 1 is 1.34 bits per heavy atom. The molecule has 11 heteroatoms. The van der Waals surface area contributed by atoms with E-state index in [0.29, 0.717) is 11.4 Å². The fraction of sp³-hybridized carbons (Fsp3) is 0.571. The van der Waals surface area contributed by atoms with Crippen molar-refractivity contribution in [2.45, 2.75) is 62.7 Å². The number of hydrogen-bond donors (Lipinski definition) is 1. The van der Waals surface area contributed by atoms with Crippen molar-refractivity contribution in [2.75, 3.05) is 11.6 Å². The van der Waals surface area contributed by atoms with Crippen molar-refractivity contribution in [1.29, 1.82) is 0 Å². The zero-order chi connectivity index (χ0) is 23.5. The molecule has 2 saturated carbocycles. The number of rotatable bonds is 6. The molecule has 174 valence electrons. The Balaban J connectivity index is 1.75. The summed E-state index contributed by atoms with van der Waals surface area (Å²) in [6.45, 7) is 3.20. The summed E-state index contributed by atoms with van der Waals surface area (Å²) in [5.41, 5.74) is -2.53. The number of nitrogens with zero attached hydrogens (tertiary/aromatic N) is 3. The van der Waals surface area contributed by atoms with Gasteiger partial charge in [0.25, 0.3) is 5.91 Å². The molecule has 2 atom stereocenters. The number of pyridine rings is 1. The number of amides is 1. The molecule has 0 spiro atoms. The van der Waals surface area contributed by atoms with Gasteiger partial charge in [-0.2, -0.15) is 18.3 Å². The van der Waals surface area contributed by atoms with Gasteiger partial charge in [-0.15, -0.1) is 11.8 Å². The highest BCUT2D eigenvalue weighted by Gasteiger charge is 2.55. The third kappa shape index (κ3) is 4.49. The molecule has 0 aromatic carbocycles. The predicted octanol–water partition coefficient (Wildman–Crippen LogP) is 5.83. The zero-order valence-corrected chi connectivity index (χ0v) is 18.6. The number of nitrogens with one attached hydrogen (secondary N) is 1. The average molecular weight is 474 g/mol. The maximum atomic E-state index is 14.1. The summed E-state index contributed by atoms with van der Waals surface area (Å²) in [6, 6.07) is 3.03. The second-order valence-electron chi connectivity index (χ2n) is 9.14. The molecule has 2 aliphatic rings. The van der Waals surface area contributed by atoms with Crippen molar-refractivity contribution in [2.24, 2.45) is 11.3 Å². The van der Waals surface area contributed by atoms with Gasteiger partial charge in [0, 0.05) is 37.2 Å². The first-order valence-corrected chi connectivity index (χ1v) is 11.4. The molecule has 0 radical (unpaired) electrons. The van der Waals surface area contributed by atoms with Gasteiger partial charge in [-0.3, -0.25) is 9.48 Å². The summed E-state index contributed by atoms with van der Waals surface area (Å²) in [5.74, 6) is -4.21. The number of aromatic nitrogens is 3. The first-order valence-electron chi connectivity index (χ1n) is 10.2. The van der Waals surface area contributed by atoms with E-state index in [1.54, 1.807) is 19.2 Å². The molecule has 0 saturated heterocycles. The summed E-state index contributed by atoms with van der Waals surface area (Å²) >= 11 is 1.32. The third-order valence-electron chi connectivity index (χ3n) is 6.04. The van der Waals surface area contributed by atoms with E-state index < -0.39 is 53.4 Å². The smallest absolute Gasteiger partial charge is 0.321 e. The second kappa shape index (κ2) is 7.71. The van der Waals surface area contributed by atoms with E-state index >= 15 is 0 Å². The molecular formula is C21H23F5N4OS. The number of halogens is 5. The number of alkyl halides is 5. The van der Waals surface area contributed by atoms with Gasteiger partial charge in [0.1, 0.15) is 11.3 Å². The molecule has 0 bridgehead atoms. The monoisotopic (exact) mass is 474 g/mol. The molecule has 5 nitrogen and oxygen atoms in total. The van der Waals surface area contributed by atoms with E-state index in [9.17, 15) is 26.7 Å². The summed E-state index contributed by atoms with van der Waals surface area (Å²) in [4.78, 5) is 17.2. The topological polar surface area (TPSA) is 59.8 Å². The highest BCUT2D eigenvalue weighted by atomic mass is 32.2. The van der Waals surface area contributed by atoms with Crippen molar-refractivity contribution in [3.63, 3.8) is 0 Å². The first-order chi connectivity index (χ1) is 14.8.